The number of aromatic nitrogens is 5. The first kappa shape index (κ1) is 22.4. The molecule has 4 aromatic rings. The van der Waals surface area contributed by atoms with Crippen molar-refractivity contribution in [1.82, 2.24) is 24.9 Å². The van der Waals surface area contributed by atoms with Gasteiger partial charge in [-0.15, -0.1) is 0 Å². The Morgan fingerprint density at radius 3 is 2.52 bits per heavy atom. The van der Waals surface area contributed by atoms with Crippen LogP contribution in [0.1, 0.15) is 51.4 Å². The first-order valence-electron chi connectivity index (χ1n) is 11.0. The summed E-state index contributed by atoms with van der Waals surface area (Å²) in [5, 5.41) is 0. The molecule has 4 rings (SSSR count). The minimum Gasteiger partial charge on any atom is -0.352 e. The van der Waals surface area contributed by atoms with Gasteiger partial charge in [0.05, 0.1) is 5.52 Å². The number of benzene rings is 1. The van der Waals surface area contributed by atoms with Crippen LogP contribution in [0.4, 0.5) is 5.82 Å². The maximum absolute atomic E-state index is 4.63. The zero-order valence-corrected chi connectivity index (χ0v) is 19.4. The molecule has 1 N–H and O–H groups in total. The van der Waals surface area contributed by atoms with Gasteiger partial charge in [0, 0.05) is 32.5 Å². The highest BCUT2D eigenvalue weighted by molar-refractivity contribution is 5.78. The van der Waals surface area contributed by atoms with E-state index < -0.39 is 0 Å². The first-order valence-corrected chi connectivity index (χ1v) is 11.0. The van der Waals surface area contributed by atoms with Gasteiger partial charge in [0.2, 0.25) is 0 Å². The van der Waals surface area contributed by atoms with Crippen molar-refractivity contribution in [2.75, 3.05) is 11.4 Å². The van der Waals surface area contributed by atoms with Gasteiger partial charge >= 0.3 is 0 Å². The number of rotatable bonds is 6. The normalized spacial score (nSPS) is 10.6. The fourth-order valence-corrected chi connectivity index (χ4v) is 3.57. The van der Waals surface area contributed by atoms with Gasteiger partial charge in [-0.3, -0.25) is 0 Å². The van der Waals surface area contributed by atoms with Crippen molar-refractivity contribution in [2.24, 2.45) is 0 Å². The monoisotopic (exact) mass is 418 g/mol. The van der Waals surface area contributed by atoms with Gasteiger partial charge in [-0.1, -0.05) is 32.9 Å². The molecule has 1 aromatic carbocycles. The molecule has 164 valence electrons. The second-order valence-electron chi connectivity index (χ2n) is 7.44. The summed E-state index contributed by atoms with van der Waals surface area (Å²) in [6.45, 7) is 14.0. The molecule has 0 aliphatic carbocycles. The minimum absolute atomic E-state index is 0. The molecule has 0 bridgehead atoms. The third kappa shape index (κ3) is 5.26. The summed E-state index contributed by atoms with van der Waals surface area (Å²) < 4.78 is 0. The van der Waals surface area contributed by atoms with Crippen LogP contribution < -0.4 is 4.90 Å². The average Bonchev–Trinajstić information content (AvgIpc) is 3.15. The van der Waals surface area contributed by atoms with Crippen molar-refractivity contribution in [2.45, 2.75) is 54.5 Å². The number of nitrogens with one attached hydrogen (secondary N) is 1. The average molecular weight is 419 g/mol. The van der Waals surface area contributed by atoms with E-state index in [2.05, 4.69) is 67.9 Å². The van der Waals surface area contributed by atoms with Gasteiger partial charge < -0.3 is 9.88 Å². The Balaban J connectivity index is 0.00000118. The maximum atomic E-state index is 4.63. The van der Waals surface area contributed by atoms with E-state index in [-0.39, 0.29) is 1.43 Å². The molecule has 0 unspecified atom stereocenters. The number of anilines is 1. The SMILES string of the molecule is CC.CCCN(Cc1cc(-c2cnc3nc(C)[nH]c3c2)ccc1C)c1ccnc(C)n1.[HH]. The number of aromatic amines is 1. The fourth-order valence-electron chi connectivity index (χ4n) is 3.57. The molecule has 3 heterocycles. The topological polar surface area (TPSA) is 70.6 Å². The maximum Gasteiger partial charge on any atom is 0.177 e. The minimum atomic E-state index is 0. The number of H-pyrrole nitrogens is 1. The largest absolute Gasteiger partial charge is 0.352 e. The number of hydrogen-bond acceptors (Lipinski definition) is 5. The zero-order valence-electron chi connectivity index (χ0n) is 19.4. The van der Waals surface area contributed by atoms with Crippen LogP contribution in [-0.4, -0.2) is 31.5 Å². The molecule has 0 aliphatic heterocycles. The lowest BCUT2D eigenvalue weighted by atomic mass is 10.00. The van der Waals surface area contributed by atoms with Crippen LogP contribution in [0.3, 0.4) is 0 Å². The van der Waals surface area contributed by atoms with Crippen molar-refractivity contribution in [3.05, 3.63) is 65.5 Å². The molecule has 0 radical (unpaired) electrons. The molecule has 0 saturated heterocycles. The summed E-state index contributed by atoms with van der Waals surface area (Å²) in [5.74, 6) is 2.65. The highest BCUT2D eigenvalue weighted by atomic mass is 15.2. The van der Waals surface area contributed by atoms with Crippen LogP contribution in [-0.2, 0) is 6.54 Å². The highest BCUT2D eigenvalue weighted by Crippen LogP contribution is 2.26. The lowest BCUT2D eigenvalue weighted by Gasteiger charge is -2.24. The number of fused-ring (bicyclic) bond motifs is 1. The fraction of sp³-hybridized carbons (Fsp3) is 0.360. The van der Waals surface area contributed by atoms with Crippen LogP contribution in [0.15, 0.2) is 42.7 Å². The summed E-state index contributed by atoms with van der Waals surface area (Å²) in [6.07, 6.45) is 4.78. The summed E-state index contributed by atoms with van der Waals surface area (Å²) >= 11 is 0. The Kier molecular flexibility index (Phi) is 7.34. The quantitative estimate of drug-likeness (QED) is 0.414. The van der Waals surface area contributed by atoms with Gasteiger partial charge in [-0.05, 0) is 62.1 Å². The molecule has 3 aromatic heterocycles. The summed E-state index contributed by atoms with van der Waals surface area (Å²) in [5.41, 5.74) is 6.52. The van der Waals surface area contributed by atoms with Crippen molar-refractivity contribution in [3.63, 3.8) is 0 Å². The number of hydrogen-bond donors (Lipinski definition) is 1. The Morgan fingerprint density at radius 1 is 0.968 bits per heavy atom. The number of nitrogens with zero attached hydrogens (tertiary/aromatic N) is 5. The van der Waals surface area contributed by atoms with E-state index in [4.69, 9.17) is 0 Å². The number of pyridine rings is 1. The Labute approximate surface area is 186 Å². The lowest BCUT2D eigenvalue weighted by Crippen LogP contribution is -2.25. The van der Waals surface area contributed by atoms with Gasteiger partial charge in [-0.25, -0.2) is 19.9 Å². The third-order valence-electron chi connectivity index (χ3n) is 5.08. The van der Waals surface area contributed by atoms with Gasteiger partial charge in [0.15, 0.2) is 5.65 Å². The molecule has 0 atom stereocenters. The molecule has 0 spiro atoms. The van der Waals surface area contributed by atoms with Gasteiger partial charge in [0.25, 0.3) is 0 Å². The van der Waals surface area contributed by atoms with Crippen molar-refractivity contribution in [3.8, 4) is 11.1 Å². The number of imidazole rings is 1. The Bertz CT molecular complexity index is 1150. The van der Waals surface area contributed by atoms with E-state index in [0.717, 1.165) is 59.3 Å². The molecule has 0 saturated carbocycles. The van der Waals surface area contributed by atoms with E-state index >= 15 is 0 Å². The lowest BCUT2D eigenvalue weighted by molar-refractivity contribution is 0.747. The van der Waals surface area contributed by atoms with E-state index in [1.54, 1.807) is 0 Å². The van der Waals surface area contributed by atoms with E-state index in [9.17, 15) is 0 Å². The molecule has 6 heteroatoms. The Hall–Kier alpha value is -3.28. The number of aryl methyl sites for hydroxylation is 3. The third-order valence-corrected chi connectivity index (χ3v) is 5.08. The molecular formula is C25H34N6. The van der Waals surface area contributed by atoms with E-state index in [1.807, 2.05) is 46.2 Å². The first-order chi connectivity index (χ1) is 15.0. The molecule has 0 aliphatic rings. The predicted molar refractivity (Wildman–Crippen MR) is 130 cm³/mol. The van der Waals surface area contributed by atoms with E-state index in [1.165, 1.54) is 11.1 Å². The van der Waals surface area contributed by atoms with Crippen LogP contribution in [0.25, 0.3) is 22.3 Å². The van der Waals surface area contributed by atoms with Crippen molar-refractivity contribution < 1.29 is 1.43 Å². The van der Waals surface area contributed by atoms with Crippen LogP contribution in [0, 0.1) is 20.8 Å². The van der Waals surface area contributed by atoms with E-state index in [0.29, 0.717) is 0 Å². The summed E-state index contributed by atoms with van der Waals surface area (Å²) in [7, 11) is 0. The molecular weight excluding hydrogens is 384 g/mol. The molecule has 0 fully saturated rings. The molecule has 31 heavy (non-hydrogen) atoms. The second kappa shape index (κ2) is 10.2. The van der Waals surface area contributed by atoms with Crippen molar-refractivity contribution in [1.29, 1.82) is 0 Å². The van der Waals surface area contributed by atoms with Crippen LogP contribution in [0.2, 0.25) is 0 Å². The Morgan fingerprint density at radius 2 is 1.77 bits per heavy atom. The molecule has 6 nitrogen and oxygen atoms in total. The van der Waals surface area contributed by atoms with Crippen LogP contribution >= 0.6 is 0 Å². The smallest absolute Gasteiger partial charge is 0.177 e. The van der Waals surface area contributed by atoms with Gasteiger partial charge in [-0.2, -0.15) is 0 Å². The highest BCUT2D eigenvalue weighted by Gasteiger charge is 2.12. The second-order valence-corrected chi connectivity index (χ2v) is 7.44. The zero-order chi connectivity index (χ0) is 22.4. The summed E-state index contributed by atoms with van der Waals surface area (Å²) in [4.78, 5) is 23.4. The summed E-state index contributed by atoms with van der Waals surface area (Å²) in [6, 6.07) is 10.7. The molecule has 0 amide bonds. The van der Waals surface area contributed by atoms with Crippen molar-refractivity contribution >= 4 is 17.0 Å². The van der Waals surface area contributed by atoms with Crippen LogP contribution in [0.5, 0.6) is 0 Å². The standard InChI is InChI=1S/C23H26N6.C2H6.H2/c1-5-10-29(22-8-9-24-16(3)27-22)14-20-11-18(7-6-15(20)2)19-12-21-23(25-13-19)28-17(4)26-21;1-2;/h6-9,11-13H,5,10,14H2,1-4H3,(H,25,26,28);1-2H3;1H. The predicted octanol–water partition coefficient (Wildman–Crippen LogP) is 6.03. The van der Waals surface area contributed by atoms with Gasteiger partial charge in [0.1, 0.15) is 17.5 Å².